The Kier molecular flexibility index (Phi) is 5.56. The van der Waals surface area contributed by atoms with Crippen molar-refractivity contribution in [1.82, 2.24) is 10.2 Å². The summed E-state index contributed by atoms with van der Waals surface area (Å²) in [5, 5.41) is 3.15. The number of benzene rings is 1. The van der Waals surface area contributed by atoms with E-state index >= 15 is 0 Å². The Hall–Kier alpha value is -1.62. The smallest absolute Gasteiger partial charge is 0.257 e. The van der Waals surface area contributed by atoms with Crippen molar-refractivity contribution in [3.63, 3.8) is 0 Å². The Morgan fingerprint density at radius 1 is 1.52 bits per heavy atom. The lowest BCUT2D eigenvalue weighted by Crippen LogP contribution is -2.42. The maximum atomic E-state index is 13.9. The van der Waals surface area contributed by atoms with Gasteiger partial charge in [0.15, 0.2) is 11.6 Å². The number of rotatable bonds is 5. The molecule has 1 aliphatic heterocycles. The van der Waals surface area contributed by atoms with Crippen LogP contribution in [0.1, 0.15) is 30.1 Å². The average molecular weight is 294 g/mol. The van der Waals surface area contributed by atoms with Gasteiger partial charge in [-0.1, -0.05) is 6.07 Å². The fraction of sp³-hybridized carbons (Fsp3) is 0.562. The second-order valence-corrected chi connectivity index (χ2v) is 5.37. The normalized spacial score (nSPS) is 18.6. The molecule has 1 fully saturated rings. The molecule has 0 unspecified atom stereocenters. The van der Waals surface area contributed by atoms with Gasteiger partial charge in [-0.25, -0.2) is 4.39 Å². The summed E-state index contributed by atoms with van der Waals surface area (Å²) in [6, 6.07) is 4.51. The molecule has 1 saturated heterocycles. The van der Waals surface area contributed by atoms with Crippen molar-refractivity contribution < 1.29 is 13.9 Å². The average Bonchev–Trinajstić information content (AvgIpc) is 2.49. The van der Waals surface area contributed by atoms with Crippen molar-refractivity contribution in [2.75, 3.05) is 33.3 Å². The molecule has 116 valence electrons. The first-order valence-electron chi connectivity index (χ1n) is 7.52. The second-order valence-electron chi connectivity index (χ2n) is 5.37. The molecule has 0 bridgehead atoms. The zero-order chi connectivity index (χ0) is 15.2. The number of piperidine rings is 1. The van der Waals surface area contributed by atoms with Crippen LogP contribution in [0.2, 0.25) is 0 Å². The van der Waals surface area contributed by atoms with E-state index in [1.54, 1.807) is 19.1 Å². The first-order chi connectivity index (χ1) is 10.2. The highest BCUT2D eigenvalue weighted by Gasteiger charge is 2.26. The fourth-order valence-corrected chi connectivity index (χ4v) is 2.84. The molecule has 5 heteroatoms. The summed E-state index contributed by atoms with van der Waals surface area (Å²) >= 11 is 0. The van der Waals surface area contributed by atoms with Crippen LogP contribution >= 0.6 is 0 Å². The molecule has 0 spiro atoms. The van der Waals surface area contributed by atoms with E-state index in [-0.39, 0.29) is 11.7 Å². The lowest BCUT2D eigenvalue weighted by molar-refractivity contribution is 0.0669. The minimum atomic E-state index is -0.480. The summed E-state index contributed by atoms with van der Waals surface area (Å²) in [4.78, 5) is 14.5. The molecule has 4 nitrogen and oxygen atoms in total. The third kappa shape index (κ3) is 3.73. The number of carbonyl (C=O) groups excluding carboxylic acids is 1. The van der Waals surface area contributed by atoms with Crippen LogP contribution in [0.25, 0.3) is 0 Å². The van der Waals surface area contributed by atoms with Gasteiger partial charge < -0.3 is 15.0 Å². The Morgan fingerprint density at radius 3 is 3.05 bits per heavy atom. The summed E-state index contributed by atoms with van der Waals surface area (Å²) < 4.78 is 19.2. The topological polar surface area (TPSA) is 41.6 Å². The Bertz CT molecular complexity index is 491. The number of amides is 1. The number of hydrogen-bond donors (Lipinski definition) is 1. The molecule has 0 aliphatic carbocycles. The van der Waals surface area contributed by atoms with Crippen molar-refractivity contribution in [1.29, 1.82) is 0 Å². The molecule has 2 rings (SSSR count). The predicted octanol–water partition coefficient (Wildman–Crippen LogP) is 2.30. The summed E-state index contributed by atoms with van der Waals surface area (Å²) in [5.74, 6) is -0.0946. The highest BCUT2D eigenvalue weighted by atomic mass is 19.1. The highest BCUT2D eigenvalue weighted by molar-refractivity contribution is 5.97. The number of nitrogens with one attached hydrogen (secondary N) is 1. The highest BCUT2D eigenvalue weighted by Crippen LogP contribution is 2.26. The van der Waals surface area contributed by atoms with Crippen molar-refractivity contribution in [3.8, 4) is 5.75 Å². The number of halogens is 1. The van der Waals surface area contributed by atoms with Gasteiger partial charge in [0.25, 0.3) is 5.91 Å². The van der Waals surface area contributed by atoms with E-state index in [4.69, 9.17) is 4.74 Å². The van der Waals surface area contributed by atoms with Crippen LogP contribution in [0.4, 0.5) is 4.39 Å². The van der Waals surface area contributed by atoms with Crippen molar-refractivity contribution >= 4 is 5.91 Å². The van der Waals surface area contributed by atoms with Crippen LogP contribution < -0.4 is 10.1 Å². The van der Waals surface area contributed by atoms with Gasteiger partial charge in [0.05, 0.1) is 12.2 Å². The predicted molar refractivity (Wildman–Crippen MR) is 80.1 cm³/mol. The molecule has 1 aromatic carbocycles. The van der Waals surface area contributed by atoms with E-state index in [1.165, 1.54) is 6.07 Å². The lowest BCUT2D eigenvalue weighted by atomic mass is 9.97. The van der Waals surface area contributed by atoms with Crippen molar-refractivity contribution in [2.24, 2.45) is 5.92 Å². The van der Waals surface area contributed by atoms with Crippen LogP contribution in [0.15, 0.2) is 18.2 Å². The standard InChI is InChI=1S/C16H23FN2O2/c1-3-21-15-13(7-4-8-14(15)17)16(20)19-9-5-6-12(11-19)10-18-2/h4,7-8,12,18H,3,5-6,9-11H2,1-2H3/t12-/m1/s1. The molecule has 1 N–H and O–H groups in total. The Labute approximate surface area is 125 Å². The maximum Gasteiger partial charge on any atom is 0.257 e. The molecule has 21 heavy (non-hydrogen) atoms. The van der Waals surface area contributed by atoms with Gasteiger partial charge in [-0.15, -0.1) is 0 Å². The van der Waals surface area contributed by atoms with Gasteiger partial charge in [-0.3, -0.25) is 4.79 Å². The van der Waals surface area contributed by atoms with E-state index in [0.29, 0.717) is 24.6 Å². The number of nitrogens with zero attached hydrogens (tertiary/aromatic N) is 1. The Balaban J connectivity index is 2.17. The minimum absolute atomic E-state index is 0.0701. The molecular formula is C16H23FN2O2. The fourth-order valence-electron chi connectivity index (χ4n) is 2.84. The zero-order valence-electron chi connectivity index (χ0n) is 12.7. The van der Waals surface area contributed by atoms with E-state index in [9.17, 15) is 9.18 Å². The molecule has 1 amide bonds. The molecule has 1 heterocycles. The monoisotopic (exact) mass is 294 g/mol. The van der Waals surface area contributed by atoms with Crippen LogP contribution in [0.5, 0.6) is 5.75 Å². The largest absolute Gasteiger partial charge is 0.490 e. The molecule has 1 aromatic rings. The molecule has 0 radical (unpaired) electrons. The van der Waals surface area contributed by atoms with E-state index in [1.807, 2.05) is 11.9 Å². The number of carbonyl (C=O) groups is 1. The van der Waals surface area contributed by atoms with Gasteiger partial charge in [-0.05, 0) is 51.4 Å². The number of hydrogen-bond acceptors (Lipinski definition) is 3. The van der Waals surface area contributed by atoms with Crippen LogP contribution in [0, 0.1) is 11.7 Å². The lowest BCUT2D eigenvalue weighted by Gasteiger charge is -2.33. The summed E-state index contributed by atoms with van der Waals surface area (Å²) in [5.41, 5.74) is 0.321. The first kappa shape index (κ1) is 15.8. The minimum Gasteiger partial charge on any atom is -0.490 e. The second kappa shape index (κ2) is 7.41. The van der Waals surface area contributed by atoms with Gasteiger partial charge in [-0.2, -0.15) is 0 Å². The van der Waals surface area contributed by atoms with Crippen molar-refractivity contribution in [2.45, 2.75) is 19.8 Å². The van der Waals surface area contributed by atoms with Crippen LogP contribution in [-0.2, 0) is 0 Å². The van der Waals surface area contributed by atoms with Crippen LogP contribution in [-0.4, -0.2) is 44.1 Å². The van der Waals surface area contributed by atoms with Gasteiger partial charge >= 0.3 is 0 Å². The van der Waals surface area contributed by atoms with E-state index < -0.39 is 5.82 Å². The zero-order valence-corrected chi connectivity index (χ0v) is 12.7. The molecule has 1 aliphatic rings. The van der Waals surface area contributed by atoms with E-state index in [2.05, 4.69) is 5.32 Å². The van der Waals surface area contributed by atoms with Gasteiger partial charge in [0.1, 0.15) is 0 Å². The Morgan fingerprint density at radius 2 is 2.33 bits per heavy atom. The maximum absolute atomic E-state index is 13.9. The third-order valence-electron chi connectivity index (χ3n) is 3.79. The summed E-state index contributed by atoms with van der Waals surface area (Å²) in [6.45, 7) is 4.45. The summed E-state index contributed by atoms with van der Waals surface area (Å²) in [7, 11) is 1.92. The third-order valence-corrected chi connectivity index (χ3v) is 3.79. The molecular weight excluding hydrogens is 271 g/mol. The first-order valence-corrected chi connectivity index (χ1v) is 7.52. The summed E-state index contributed by atoms with van der Waals surface area (Å²) in [6.07, 6.45) is 2.10. The number of ether oxygens (including phenoxy) is 1. The quantitative estimate of drug-likeness (QED) is 0.906. The SMILES string of the molecule is CCOc1c(F)cccc1C(=O)N1CCC[C@H](CNC)C1. The van der Waals surface area contributed by atoms with Crippen molar-refractivity contribution in [3.05, 3.63) is 29.6 Å². The molecule has 0 saturated carbocycles. The number of para-hydroxylation sites is 1. The van der Waals surface area contributed by atoms with E-state index in [0.717, 1.165) is 25.9 Å². The molecule has 1 atom stereocenters. The van der Waals surface area contributed by atoms with Crippen LogP contribution in [0.3, 0.4) is 0 Å². The van der Waals surface area contributed by atoms with Gasteiger partial charge in [0, 0.05) is 13.1 Å². The number of likely N-dealkylation sites (tertiary alicyclic amines) is 1. The van der Waals surface area contributed by atoms with Gasteiger partial charge in [0.2, 0.25) is 0 Å². The molecule has 0 aromatic heterocycles.